The average molecular weight is 275 g/mol. The Hall–Kier alpha value is -1.94. The first-order valence-corrected chi connectivity index (χ1v) is 6.89. The van der Waals surface area contributed by atoms with Gasteiger partial charge >= 0.3 is 0 Å². The van der Waals surface area contributed by atoms with E-state index in [1.807, 2.05) is 37.4 Å². The highest BCUT2D eigenvalue weighted by Gasteiger charge is 2.09. The third-order valence-electron chi connectivity index (χ3n) is 2.87. The van der Waals surface area contributed by atoms with E-state index in [4.69, 9.17) is 13.9 Å². The van der Waals surface area contributed by atoms with Gasteiger partial charge < -0.3 is 19.2 Å². The molecular weight excluding hydrogens is 254 g/mol. The summed E-state index contributed by atoms with van der Waals surface area (Å²) in [5.41, 5.74) is 1.11. The van der Waals surface area contributed by atoms with E-state index in [1.165, 1.54) is 0 Å². The van der Waals surface area contributed by atoms with Crippen LogP contribution in [0.5, 0.6) is 11.5 Å². The molecule has 4 nitrogen and oxygen atoms in total. The van der Waals surface area contributed by atoms with Crippen LogP contribution < -0.4 is 14.8 Å². The zero-order valence-corrected chi connectivity index (χ0v) is 12.0. The quantitative estimate of drug-likeness (QED) is 0.802. The molecule has 2 rings (SSSR count). The van der Waals surface area contributed by atoms with Crippen molar-refractivity contribution in [3.8, 4) is 11.5 Å². The zero-order chi connectivity index (χ0) is 14.2. The van der Waals surface area contributed by atoms with E-state index in [2.05, 4.69) is 12.2 Å². The van der Waals surface area contributed by atoms with Gasteiger partial charge in [-0.05, 0) is 31.7 Å². The minimum Gasteiger partial charge on any atom is -0.490 e. The second kappa shape index (κ2) is 7.60. The zero-order valence-electron chi connectivity index (χ0n) is 12.0. The van der Waals surface area contributed by atoms with Crippen LogP contribution in [0.2, 0.25) is 0 Å². The number of furan rings is 1. The van der Waals surface area contributed by atoms with Gasteiger partial charge in [0.1, 0.15) is 12.4 Å². The minimum absolute atomic E-state index is 0.399. The van der Waals surface area contributed by atoms with Gasteiger partial charge in [-0.1, -0.05) is 19.1 Å². The first kappa shape index (κ1) is 14.5. The summed E-state index contributed by atoms with van der Waals surface area (Å²) in [4.78, 5) is 0. The van der Waals surface area contributed by atoms with Crippen molar-refractivity contribution in [2.45, 2.75) is 26.5 Å². The first-order valence-electron chi connectivity index (χ1n) is 6.89. The Labute approximate surface area is 119 Å². The molecule has 4 heteroatoms. The topological polar surface area (TPSA) is 43.6 Å². The third kappa shape index (κ3) is 3.78. The van der Waals surface area contributed by atoms with Crippen molar-refractivity contribution >= 4 is 0 Å². The molecular formula is C16H21NO3. The Bertz CT molecular complexity index is 522. The molecule has 0 aliphatic rings. The van der Waals surface area contributed by atoms with Crippen LogP contribution in [0.15, 0.2) is 41.0 Å². The number of rotatable bonds is 8. The molecule has 1 N–H and O–H groups in total. The molecule has 1 aromatic carbocycles. The molecule has 0 saturated carbocycles. The molecule has 2 aromatic rings. The highest BCUT2D eigenvalue weighted by Crippen LogP contribution is 2.27. The molecule has 0 atom stereocenters. The molecule has 1 heterocycles. The van der Waals surface area contributed by atoms with Crippen LogP contribution in [0.4, 0.5) is 0 Å². The van der Waals surface area contributed by atoms with Gasteiger partial charge in [-0.3, -0.25) is 0 Å². The summed E-state index contributed by atoms with van der Waals surface area (Å²) < 4.78 is 16.9. The van der Waals surface area contributed by atoms with Gasteiger partial charge in [0, 0.05) is 12.1 Å². The number of hydrogen-bond acceptors (Lipinski definition) is 4. The highest BCUT2D eigenvalue weighted by atomic mass is 16.5. The smallest absolute Gasteiger partial charge is 0.161 e. The standard InChI is InChI=1S/C16H21NO3/c1-3-9-18-14-6-4-5-7-15(14)20-12-16-13(11-17-2)8-10-19-16/h4-8,10,17H,3,9,11-12H2,1-2H3. The Kier molecular flexibility index (Phi) is 5.50. The maximum Gasteiger partial charge on any atom is 0.161 e. The van der Waals surface area contributed by atoms with Crippen LogP contribution in [0.25, 0.3) is 0 Å². The SMILES string of the molecule is CCCOc1ccccc1OCc1occc1CNC. The van der Waals surface area contributed by atoms with Gasteiger partial charge in [0.15, 0.2) is 11.5 Å². The summed E-state index contributed by atoms with van der Waals surface area (Å²) in [5.74, 6) is 2.36. The molecule has 108 valence electrons. The van der Waals surface area contributed by atoms with E-state index in [9.17, 15) is 0 Å². The number of hydrogen-bond donors (Lipinski definition) is 1. The van der Waals surface area contributed by atoms with Gasteiger partial charge in [0.05, 0.1) is 12.9 Å². The highest BCUT2D eigenvalue weighted by molar-refractivity contribution is 5.39. The lowest BCUT2D eigenvalue weighted by Crippen LogP contribution is -2.07. The summed E-state index contributed by atoms with van der Waals surface area (Å²) >= 11 is 0. The van der Waals surface area contributed by atoms with Crippen LogP contribution in [-0.2, 0) is 13.2 Å². The van der Waals surface area contributed by atoms with Crippen LogP contribution in [0.3, 0.4) is 0 Å². The molecule has 0 unspecified atom stereocenters. The van der Waals surface area contributed by atoms with Crippen molar-refractivity contribution in [3.63, 3.8) is 0 Å². The van der Waals surface area contributed by atoms with E-state index >= 15 is 0 Å². The van der Waals surface area contributed by atoms with Gasteiger partial charge in [-0.2, -0.15) is 0 Å². The summed E-state index contributed by atoms with van der Waals surface area (Å²) in [6.07, 6.45) is 2.66. The van der Waals surface area contributed by atoms with Crippen LogP contribution >= 0.6 is 0 Å². The summed E-state index contributed by atoms with van der Waals surface area (Å²) in [6.45, 7) is 3.93. The lowest BCUT2D eigenvalue weighted by Gasteiger charge is -2.11. The Morgan fingerprint density at radius 3 is 2.55 bits per heavy atom. The van der Waals surface area contributed by atoms with Crippen LogP contribution in [-0.4, -0.2) is 13.7 Å². The molecule has 0 aliphatic carbocycles. The fourth-order valence-electron chi connectivity index (χ4n) is 1.89. The Balaban J connectivity index is 2.01. The third-order valence-corrected chi connectivity index (χ3v) is 2.87. The van der Waals surface area contributed by atoms with E-state index in [0.29, 0.717) is 13.2 Å². The van der Waals surface area contributed by atoms with Crippen molar-refractivity contribution < 1.29 is 13.9 Å². The molecule has 0 spiro atoms. The molecule has 0 saturated heterocycles. The monoisotopic (exact) mass is 275 g/mol. The van der Waals surface area contributed by atoms with Crippen molar-refractivity contribution in [2.24, 2.45) is 0 Å². The van der Waals surface area contributed by atoms with Crippen molar-refractivity contribution in [2.75, 3.05) is 13.7 Å². The number of nitrogens with one attached hydrogen (secondary N) is 1. The minimum atomic E-state index is 0.399. The lowest BCUT2D eigenvalue weighted by molar-refractivity contribution is 0.242. The largest absolute Gasteiger partial charge is 0.490 e. The second-order valence-corrected chi connectivity index (χ2v) is 4.48. The van der Waals surface area contributed by atoms with Crippen molar-refractivity contribution in [1.82, 2.24) is 5.32 Å². The maximum absolute atomic E-state index is 5.82. The summed E-state index contributed by atoms with van der Waals surface area (Å²) in [6, 6.07) is 9.66. The molecule has 0 fully saturated rings. The lowest BCUT2D eigenvalue weighted by atomic mass is 10.2. The van der Waals surface area contributed by atoms with E-state index in [1.54, 1.807) is 6.26 Å². The fraction of sp³-hybridized carbons (Fsp3) is 0.375. The Morgan fingerprint density at radius 2 is 1.85 bits per heavy atom. The predicted molar refractivity (Wildman–Crippen MR) is 78.0 cm³/mol. The van der Waals surface area contributed by atoms with Gasteiger partial charge in [-0.25, -0.2) is 0 Å². The van der Waals surface area contributed by atoms with E-state index in [0.717, 1.165) is 35.8 Å². The van der Waals surface area contributed by atoms with Gasteiger partial charge in [0.25, 0.3) is 0 Å². The molecule has 20 heavy (non-hydrogen) atoms. The number of ether oxygens (including phenoxy) is 2. The number of benzene rings is 1. The van der Waals surface area contributed by atoms with E-state index < -0.39 is 0 Å². The molecule has 0 amide bonds. The predicted octanol–water partition coefficient (Wildman–Crippen LogP) is 3.37. The molecule has 0 bridgehead atoms. The van der Waals surface area contributed by atoms with Crippen molar-refractivity contribution in [3.05, 3.63) is 47.9 Å². The maximum atomic E-state index is 5.82. The average Bonchev–Trinajstić information content (AvgIpc) is 2.91. The summed E-state index contributed by atoms with van der Waals surface area (Å²) in [5, 5.41) is 3.11. The van der Waals surface area contributed by atoms with Crippen LogP contribution in [0.1, 0.15) is 24.7 Å². The van der Waals surface area contributed by atoms with Crippen molar-refractivity contribution in [1.29, 1.82) is 0 Å². The van der Waals surface area contributed by atoms with Crippen LogP contribution in [0, 0.1) is 0 Å². The van der Waals surface area contributed by atoms with Gasteiger partial charge in [-0.15, -0.1) is 0 Å². The Morgan fingerprint density at radius 1 is 1.10 bits per heavy atom. The summed E-state index contributed by atoms with van der Waals surface area (Å²) in [7, 11) is 1.91. The second-order valence-electron chi connectivity index (χ2n) is 4.48. The normalized spacial score (nSPS) is 10.5. The van der Waals surface area contributed by atoms with E-state index in [-0.39, 0.29) is 0 Å². The molecule has 1 aromatic heterocycles. The molecule has 0 aliphatic heterocycles. The fourth-order valence-corrected chi connectivity index (χ4v) is 1.89. The van der Waals surface area contributed by atoms with Gasteiger partial charge in [0.2, 0.25) is 0 Å². The molecule has 0 radical (unpaired) electrons. The first-order chi connectivity index (χ1) is 9.85. The number of para-hydroxylation sites is 2.